The van der Waals surface area contributed by atoms with Crippen LogP contribution in [0.3, 0.4) is 0 Å². The van der Waals surface area contributed by atoms with Crippen LogP contribution < -0.4 is 0 Å². The molecule has 0 aliphatic carbocycles. The summed E-state index contributed by atoms with van der Waals surface area (Å²) in [6, 6.07) is 6.08. The molecule has 0 amide bonds. The Morgan fingerprint density at radius 1 is 1.35 bits per heavy atom. The summed E-state index contributed by atoms with van der Waals surface area (Å²) >= 11 is 0. The van der Waals surface area contributed by atoms with Gasteiger partial charge in [-0.2, -0.15) is 0 Å². The van der Waals surface area contributed by atoms with Gasteiger partial charge in [-0.15, -0.1) is 6.58 Å². The fourth-order valence-corrected chi connectivity index (χ4v) is 1.73. The Hall–Kier alpha value is -1.83. The third-order valence-corrected chi connectivity index (χ3v) is 2.81. The van der Waals surface area contributed by atoms with Crippen LogP contribution in [0.15, 0.2) is 47.3 Å². The molecule has 0 saturated heterocycles. The lowest BCUT2D eigenvalue weighted by molar-refractivity contribution is 0.568. The SMILES string of the molecule is C=C(C)CCc1nc(-c2ccoc2)ccc1C. The number of aryl methyl sites for hydroxylation is 2. The second kappa shape index (κ2) is 5.00. The summed E-state index contributed by atoms with van der Waals surface area (Å²) < 4.78 is 5.08. The van der Waals surface area contributed by atoms with Crippen molar-refractivity contribution in [3.05, 3.63) is 54.1 Å². The number of allylic oxidation sites excluding steroid dienone is 1. The first kappa shape index (κ1) is 11.6. The maximum atomic E-state index is 5.08. The molecule has 0 atom stereocenters. The molecule has 2 nitrogen and oxygen atoms in total. The maximum Gasteiger partial charge on any atom is 0.0996 e. The molecule has 0 spiro atoms. The van der Waals surface area contributed by atoms with Crippen LogP contribution in [0.1, 0.15) is 24.6 Å². The van der Waals surface area contributed by atoms with E-state index < -0.39 is 0 Å². The van der Waals surface area contributed by atoms with Crippen LogP contribution >= 0.6 is 0 Å². The topological polar surface area (TPSA) is 26.0 Å². The smallest absolute Gasteiger partial charge is 0.0996 e. The first-order chi connectivity index (χ1) is 8.16. The summed E-state index contributed by atoms with van der Waals surface area (Å²) in [5.41, 5.74) is 5.58. The molecule has 0 fully saturated rings. The highest BCUT2D eigenvalue weighted by molar-refractivity contribution is 5.57. The third kappa shape index (κ3) is 2.84. The largest absolute Gasteiger partial charge is 0.472 e. The molecule has 0 aliphatic rings. The van der Waals surface area contributed by atoms with E-state index in [0.29, 0.717) is 0 Å². The van der Waals surface area contributed by atoms with Gasteiger partial charge in [0.1, 0.15) is 0 Å². The van der Waals surface area contributed by atoms with E-state index in [1.54, 1.807) is 12.5 Å². The van der Waals surface area contributed by atoms with Crippen molar-refractivity contribution in [3.8, 4) is 11.3 Å². The summed E-state index contributed by atoms with van der Waals surface area (Å²) in [7, 11) is 0. The third-order valence-electron chi connectivity index (χ3n) is 2.81. The highest BCUT2D eigenvalue weighted by Crippen LogP contribution is 2.20. The molecule has 2 rings (SSSR count). The van der Waals surface area contributed by atoms with Crippen molar-refractivity contribution in [1.29, 1.82) is 0 Å². The van der Waals surface area contributed by atoms with Gasteiger partial charge in [0.2, 0.25) is 0 Å². The highest BCUT2D eigenvalue weighted by Gasteiger charge is 2.05. The van der Waals surface area contributed by atoms with Gasteiger partial charge in [0, 0.05) is 11.3 Å². The first-order valence-corrected chi connectivity index (χ1v) is 5.80. The second-order valence-corrected chi connectivity index (χ2v) is 4.43. The molecule has 0 radical (unpaired) electrons. The van der Waals surface area contributed by atoms with Crippen LogP contribution in [0.2, 0.25) is 0 Å². The molecule has 2 heterocycles. The van der Waals surface area contributed by atoms with Crippen LogP contribution in [0.4, 0.5) is 0 Å². The Morgan fingerprint density at radius 2 is 2.18 bits per heavy atom. The zero-order chi connectivity index (χ0) is 12.3. The average Bonchev–Trinajstić information content (AvgIpc) is 2.81. The van der Waals surface area contributed by atoms with Crippen molar-refractivity contribution in [2.75, 3.05) is 0 Å². The number of rotatable bonds is 4. The van der Waals surface area contributed by atoms with Gasteiger partial charge < -0.3 is 4.42 Å². The quantitative estimate of drug-likeness (QED) is 0.733. The van der Waals surface area contributed by atoms with E-state index in [1.165, 1.54) is 11.1 Å². The fraction of sp³-hybridized carbons (Fsp3) is 0.267. The van der Waals surface area contributed by atoms with Crippen LogP contribution in [0, 0.1) is 6.92 Å². The Balaban J connectivity index is 2.26. The van der Waals surface area contributed by atoms with Gasteiger partial charge >= 0.3 is 0 Å². The molecule has 0 aliphatic heterocycles. The van der Waals surface area contributed by atoms with Gasteiger partial charge in [-0.25, -0.2) is 0 Å². The van der Waals surface area contributed by atoms with Crippen molar-refractivity contribution < 1.29 is 4.42 Å². The number of furan rings is 1. The zero-order valence-corrected chi connectivity index (χ0v) is 10.4. The van der Waals surface area contributed by atoms with Gasteiger partial charge in [0.25, 0.3) is 0 Å². The molecular weight excluding hydrogens is 210 g/mol. The average molecular weight is 227 g/mol. The molecular formula is C15H17NO. The normalized spacial score (nSPS) is 10.5. The first-order valence-electron chi connectivity index (χ1n) is 5.80. The highest BCUT2D eigenvalue weighted by atomic mass is 16.3. The van der Waals surface area contributed by atoms with Crippen molar-refractivity contribution >= 4 is 0 Å². The lowest BCUT2D eigenvalue weighted by Gasteiger charge is -2.07. The fourth-order valence-electron chi connectivity index (χ4n) is 1.73. The standard InChI is InChI=1S/C15H17NO/c1-11(2)4-6-14-12(3)5-7-15(16-14)13-8-9-17-10-13/h5,7-10H,1,4,6H2,2-3H3. The molecule has 0 N–H and O–H groups in total. The van der Waals surface area contributed by atoms with E-state index in [-0.39, 0.29) is 0 Å². The van der Waals surface area contributed by atoms with Crippen molar-refractivity contribution in [3.63, 3.8) is 0 Å². The summed E-state index contributed by atoms with van der Waals surface area (Å²) in [4.78, 5) is 4.69. The van der Waals surface area contributed by atoms with Gasteiger partial charge in [-0.05, 0) is 44.4 Å². The summed E-state index contributed by atoms with van der Waals surface area (Å²) in [5.74, 6) is 0. The van der Waals surface area contributed by atoms with E-state index in [9.17, 15) is 0 Å². The lowest BCUT2D eigenvalue weighted by atomic mass is 10.1. The van der Waals surface area contributed by atoms with Crippen molar-refractivity contribution in [2.24, 2.45) is 0 Å². The van der Waals surface area contributed by atoms with Gasteiger partial charge in [-0.3, -0.25) is 4.98 Å². The van der Waals surface area contributed by atoms with Crippen LogP contribution in [-0.4, -0.2) is 4.98 Å². The minimum absolute atomic E-state index is 0.951. The van der Waals surface area contributed by atoms with E-state index >= 15 is 0 Å². The molecule has 0 saturated carbocycles. The Kier molecular flexibility index (Phi) is 3.43. The number of hydrogen-bond donors (Lipinski definition) is 0. The zero-order valence-electron chi connectivity index (χ0n) is 10.4. The predicted octanol–water partition coefficient (Wildman–Crippen LogP) is 4.16. The number of hydrogen-bond acceptors (Lipinski definition) is 2. The Bertz CT molecular complexity index is 512. The van der Waals surface area contributed by atoms with E-state index in [2.05, 4.69) is 31.5 Å². The molecule has 2 aromatic rings. The van der Waals surface area contributed by atoms with E-state index in [1.807, 2.05) is 12.1 Å². The van der Waals surface area contributed by atoms with Gasteiger partial charge in [0.15, 0.2) is 0 Å². The molecule has 0 unspecified atom stereocenters. The molecule has 17 heavy (non-hydrogen) atoms. The maximum absolute atomic E-state index is 5.08. The molecule has 88 valence electrons. The molecule has 2 heteroatoms. The molecule has 0 bridgehead atoms. The van der Waals surface area contributed by atoms with Gasteiger partial charge in [-0.1, -0.05) is 11.6 Å². The number of nitrogens with zero attached hydrogens (tertiary/aromatic N) is 1. The summed E-state index contributed by atoms with van der Waals surface area (Å²) in [6.45, 7) is 8.08. The molecule has 0 aromatic carbocycles. The van der Waals surface area contributed by atoms with Crippen LogP contribution in [-0.2, 0) is 6.42 Å². The minimum Gasteiger partial charge on any atom is -0.472 e. The summed E-state index contributed by atoms with van der Waals surface area (Å²) in [6.07, 6.45) is 5.33. The Labute approximate surface area is 102 Å². The Morgan fingerprint density at radius 3 is 2.82 bits per heavy atom. The van der Waals surface area contributed by atoms with E-state index in [4.69, 9.17) is 4.42 Å². The second-order valence-electron chi connectivity index (χ2n) is 4.43. The van der Waals surface area contributed by atoms with E-state index in [0.717, 1.165) is 29.8 Å². The van der Waals surface area contributed by atoms with Gasteiger partial charge in [0.05, 0.1) is 18.2 Å². The summed E-state index contributed by atoms with van der Waals surface area (Å²) in [5, 5.41) is 0. The predicted molar refractivity (Wildman–Crippen MR) is 69.8 cm³/mol. The van der Waals surface area contributed by atoms with Crippen LogP contribution in [0.25, 0.3) is 11.3 Å². The van der Waals surface area contributed by atoms with Crippen molar-refractivity contribution in [2.45, 2.75) is 26.7 Å². The number of aromatic nitrogens is 1. The molecule has 2 aromatic heterocycles. The van der Waals surface area contributed by atoms with Crippen LogP contribution in [0.5, 0.6) is 0 Å². The lowest BCUT2D eigenvalue weighted by Crippen LogP contribution is -1.96. The number of pyridine rings is 1. The minimum atomic E-state index is 0.951. The van der Waals surface area contributed by atoms with Crippen molar-refractivity contribution in [1.82, 2.24) is 4.98 Å². The monoisotopic (exact) mass is 227 g/mol.